The van der Waals surface area contributed by atoms with Gasteiger partial charge in [-0.3, -0.25) is 0 Å². The molecule has 1 aliphatic heterocycles. The van der Waals surface area contributed by atoms with Gasteiger partial charge in [-0.2, -0.15) is 0 Å². The minimum Gasteiger partial charge on any atom is -0.353 e. The van der Waals surface area contributed by atoms with E-state index in [1.54, 1.807) is 11.1 Å². The maximum atomic E-state index is 3.98. The van der Waals surface area contributed by atoms with Gasteiger partial charge >= 0.3 is 0 Å². The van der Waals surface area contributed by atoms with Gasteiger partial charge in [0.05, 0.1) is 11.4 Å². The van der Waals surface area contributed by atoms with Crippen LogP contribution in [0.25, 0.3) is 22.8 Å². The highest BCUT2D eigenvalue weighted by Crippen LogP contribution is 2.49. The minimum atomic E-state index is 0.0558. The molecule has 0 bridgehead atoms. The van der Waals surface area contributed by atoms with Crippen LogP contribution >= 0.6 is 11.3 Å². The van der Waals surface area contributed by atoms with Crippen LogP contribution in [0, 0.1) is 17.8 Å². The molecule has 4 aliphatic rings. The Bertz CT molecular complexity index is 1640. The standard InChI is InChI=1S/C38H40N2S/c1-23(2)31-21-27(26-12-7-6-8-13-26)22-32(24(3)4)36(31)40-34-20-25(5)18-19-33(34)39-38(40)30-16-11-15-29-28-14-9-10-17-35(28)41-37(29)30/h6-8,10,12-13,16-17,21-25,38-39H,9,11,14-15,20H2,1-5H3. The van der Waals surface area contributed by atoms with Crippen molar-refractivity contribution in [3.63, 3.8) is 0 Å². The largest absolute Gasteiger partial charge is 0.353 e. The molecule has 208 valence electrons. The zero-order valence-electron chi connectivity index (χ0n) is 25.0. The third kappa shape index (κ3) is 4.48. The Morgan fingerprint density at radius 1 is 0.927 bits per heavy atom. The maximum absolute atomic E-state index is 3.98. The Labute approximate surface area is 249 Å². The highest BCUT2D eigenvalue weighted by Gasteiger charge is 2.40. The number of allylic oxidation sites excluding steroid dienone is 4. The van der Waals surface area contributed by atoms with Gasteiger partial charge in [0.2, 0.25) is 0 Å². The first-order chi connectivity index (χ1) is 19.9. The van der Waals surface area contributed by atoms with Crippen LogP contribution in [0.2, 0.25) is 0 Å². The number of hydrogen-bond acceptors (Lipinski definition) is 3. The van der Waals surface area contributed by atoms with E-state index in [2.05, 4.69) is 117 Å². The van der Waals surface area contributed by atoms with Crippen LogP contribution in [-0.2, 0) is 12.8 Å². The first-order valence-electron chi connectivity index (χ1n) is 15.5. The Balaban J connectivity index is 1.43. The van der Waals surface area contributed by atoms with Crippen molar-refractivity contribution in [1.82, 2.24) is 5.32 Å². The van der Waals surface area contributed by atoms with Gasteiger partial charge in [0.15, 0.2) is 0 Å². The quantitative estimate of drug-likeness (QED) is 0.315. The van der Waals surface area contributed by atoms with Crippen molar-refractivity contribution in [2.75, 3.05) is 4.90 Å². The number of anilines is 1. The van der Waals surface area contributed by atoms with Crippen LogP contribution < -0.4 is 10.2 Å². The maximum Gasteiger partial charge on any atom is 0.131 e. The number of thiophene rings is 1. The molecule has 0 amide bonds. The number of rotatable bonds is 5. The summed E-state index contributed by atoms with van der Waals surface area (Å²) in [4.78, 5) is 5.66. The van der Waals surface area contributed by atoms with E-state index in [1.165, 1.54) is 55.4 Å². The van der Waals surface area contributed by atoms with Crippen LogP contribution in [0.3, 0.4) is 0 Å². The minimum absolute atomic E-state index is 0.0558. The van der Waals surface area contributed by atoms with Crippen molar-refractivity contribution in [2.45, 2.75) is 84.7 Å². The smallest absolute Gasteiger partial charge is 0.131 e. The second-order valence-electron chi connectivity index (χ2n) is 12.7. The molecule has 3 aliphatic carbocycles. The number of benzene rings is 2. The van der Waals surface area contributed by atoms with E-state index in [9.17, 15) is 0 Å². The second kappa shape index (κ2) is 10.4. The van der Waals surface area contributed by atoms with E-state index in [4.69, 9.17) is 0 Å². The molecule has 2 unspecified atom stereocenters. The van der Waals surface area contributed by atoms with Crippen molar-refractivity contribution in [1.29, 1.82) is 0 Å². The Kier molecular flexibility index (Phi) is 6.71. The number of fused-ring (bicyclic) bond motifs is 3. The van der Waals surface area contributed by atoms with Crippen molar-refractivity contribution >= 4 is 28.7 Å². The van der Waals surface area contributed by atoms with E-state index in [0.717, 1.165) is 31.4 Å². The lowest BCUT2D eigenvalue weighted by Crippen LogP contribution is -2.40. The molecule has 7 rings (SSSR count). The predicted molar refractivity (Wildman–Crippen MR) is 176 cm³/mol. The summed E-state index contributed by atoms with van der Waals surface area (Å²) in [7, 11) is 0. The fourth-order valence-corrected chi connectivity index (χ4v) is 8.46. The van der Waals surface area contributed by atoms with Crippen molar-refractivity contribution in [2.24, 2.45) is 5.92 Å². The first-order valence-corrected chi connectivity index (χ1v) is 16.3. The van der Waals surface area contributed by atoms with E-state index in [0.29, 0.717) is 17.8 Å². The summed E-state index contributed by atoms with van der Waals surface area (Å²) in [5.41, 5.74) is 14.0. The summed E-state index contributed by atoms with van der Waals surface area (Å²) >= 11 is 2.01. The fourth-order valence-electron chi connectivity index (χ4n) is 7.07. The first kappa shape index (κ1) is 26.4. The van der Waals surface area contributed by atoms with E-state index in [-0.39, 0.29) is 6.17 Å². The molecule has 0 saturated heterocycles. The lowest BCUT2D eigenvalue weighted by Gasteiger charge is -2.37. The molecule has 2 aromatic carbocycles. The van der Waals surface area contributed by atoms with Gasteiger partial charge in [-0.05, 0) is 95.0 Å². The molecule has 0 radical (unpaired) electrons. The molecule has 2 heterocycles. The van der Waals surface area contributed by atoms with E-state index in [1.807, 2.05) is 11.3 Å². The fraction of sp³-hybridized carbons (Fsp3) is 0.368. The highest BCUT2D eigenvalue weighted by atomic mass is 32.1. The van der Waals surface area contributed by atoms with E-state index >= 15 is 0 Å². The van der Waals surface area contributed by atoms with Crippen LogP contribution in [0.1, 0.15) is 97.7 Å². The molecule has 3 heteroatoms. The third-order valence-corrected chi connectivity index (χ3v) is 10.4. The van der Waals surface area contributed by atoms with Crippen LogP contribution in [-0.4, -0.2) is 6.17 Å². The Morgan fingerprint density at radius 2 is 1.66 bits per heavy atom. The van der Waals surface area contributed by atoms with Gasteiger partial charge in [0, 0.05) is 27.7 Å². The highest BCUT2D eigenvalue weighted by molar-refractivity contribution is 7.14. The van der Waals surface area contributed by atoms with Gasteiger partial charge < -0.3 is 10.2 Å². The molecule has 0 fully saturated rings. The molecule has 3 aromatic rings. The molecule has 1 N–H and O–H groups in total. The molecule has 2 nitrogen and oxygen atoms in total. The van der Waals surface area contributed by atoms with Crippen LogP contribution in [0.4, 0.5) is 5.69 Å². The summed E-state index contributed by atoms with van der Waals surface area (Å²) < 4.78 is 0. The molecule has 0 spiro atoms. The summed E-state index contributed by atoms with van der Waals surface area (Å²) in [6.45, 7) is 11.7. The summed E-state index contributed by atoms with van der Waals surface area (Å²) in [5, 5.41) is 3.98. The topological polar surface area (TPSA) is 15.3 Å². The number of nitrogens with one attached hydrogen (secondary N) is 1. The molecule has 0 saturated carbocycles. The van der Waals surface area contributed by atoms with Crippen LogP contribution in [0.5, 0.6) is 0 Å². The normalized spacial score (nSPS) is 20.9. The third-order valence-electron chi connectivity index (χ3n) is 9.12. The van der Waals surface area contributed by atoms with Gasteiger partial charge in [0.1, 0.15) is 11.9 Å². The number of hydrogen-bond donors (Lipinski definition) is 1. The summed E-state index contributed by atoms with van der Waals surface area (Å²) in [6.07, 6.45) is 12.9. The van der Waals surface area contributed by atoms with Gasteiger partial charge in [-0.25, -0.2) is 0 Å². The molecular formula is C38H40N2S. The lowest BCUT2D eigenvalue weighted by atomic mass is 9.86. The van der Waals surface area contributed by atoms with Gasteiger partial charge in [-0.1, -0.05) is 83.0 Å². The van der Waals surface area contributed by atoms with Gasteiger partial charge in [-0.15, -0.1) is 11.3 Å². The van der Waals surface area contributed by atoms with Crippen molar-refractivity contribution in [3.8, 4) is 23.0 Å². The zero-order chi connectivity index (χ0) is 28.2. The monoisotopic (exact) mass is 556 g/mol. The van der Waals surface area contributed by atoms with E-state index < -0.39 is 0 Å². The molecule has 2 atom stereocenters. The SMILES string of the molecule is CC1C#CC2=C(C1)N(c1c(C(C)C)cc(-c3ccccc3)cc1C(C)C)C(C1=CCCc3c1sc1c3CCC=C1)N2. The zero-order valence-corrected chi connectivity index (χ0v) is 25.8. The Morgan fingerprint density at radius 3 is 2.39 bits per heavy atom. The Hall–Kier alpha value is -3.48. The number of nitrogens with zero attached hydrogens (tertiary/aromatic N) is 1. The van der Waals surface area contributed by atoms with Crippen molar-refractivity contribution < 1.29 is 0 Å². The molecule has 41 heavy (non-hydrogen) atoms. The summed E-state index contributed by atoms with van der Waals surface area (Å²) in [6, 6.07) is 15.8. The van der Waals surface area contributed by atoms with Gasteiger partial charge in [0.25, 0.3) is 0 Å². The second-order valence-corrected chi connectivity index (χ2v) is 13.7. The molecular weight excluding hydrogens is 516 g/mol. The van der Waals surface area contributed by atoms with Crippen molar-refractivity contribution in [3.05, 3.63) is 98.0 Å². The summed E-state index contributed by atoms with van der Waals surface area (Å²) in [5.74, 6) is 8.16. The predicted octanol–water partition coefficient (Wildman–Crippen LogP) is 9.64. The average molecular weight is 557 g/mol. The molecule has 1 aromatic heterocycles. The van der Waals surface area contributed by atoms with Crippen LogP contribution in [0.15, 0.2) is 66.0 Å². The average Bonchev–Trinajstić information content (AvgIpc) is 3.55. The lowest BCUT2D eigenvalue weighted by molar-refractivity contribution is 0.684.